The second-order valence-electron chi connectivity index (χ2n) is 5.56. The van der Waals surface area contributed by atoms with Crippen LogP contribution in [-0.2, 0) is 0 Å². The number of nitrogens with one attached hydrogen (secondary N) is 1. The van der Waals surface area contributed by atoms with Gasteiger partial charge in [0.15, 0.2) is 11.5 Å². The first-order valence-corrected chi connectivity index (χ1v) is 8.63. The molecule has 2 aliphatic heterocycles. The van der Waals surface area contributed by atoms with Gasteiger partial charge in [-0.2, -0.15) is 0 Å². The lowest BCUT2D eigenvalue weighted by molar-refractivity contribution is 0.0740. The van der Waals surface area contributed by atoms with Crippen molar-refractivity contribution in [3.63, 3.8) is 0 Å². The monoisotopic (exact) mass is 366 g/mol. The highest BCUT2D eigenvalue weighted by atomic mass is 35.5. The summed E-state index contributed by atoms with van der Waals surface area (Å²) in [6, 6.07) is 9.85. The molecule has 0 saturated carbocycles. The molecule has 1 saturated heterocycles. The lowest BCUT2D eigenvalue weighted by atomic mass is 10.1. The smallest absolute Gasteiger partial charge is 0.264 e. The first-order valence-electron chi connectivity index (χ1n) is 7.81. The molecule has 0 aliphatic carbocycles. The summed E-state index contributed by atoms with van der Waals surface area (Å²) >= 11 is 1.53. The van der Waals surface area contributed by atoms with Gasteiger partial charge >= 0.3 is 0 Å². The highest BCUT2D eigenvalue weighted by Gasteiger charge is 2.20. The molecule has 2 aromatic rings. The van der Waals surface area contributed by atoms with Crippen molar-refractivity contribution in [3.05, 3.63) is 35.2 Å². The third-order valence-corrected chi connectivity index (χ3v) is 5.17. The van der Waals surface area contributed by atoms with Gasteiger partial charge in [-0.05, 0) is 35.9 Å². The van der Waals surface area contributed by atoms with E-state index < -0.39 is 0 Å². The van der Waals surface area contributed by atoms with Gasteiger partial charge in [0, 0.05) is 31.1 Å². The summed E-state index contributed by atoms with van der Waals surface area (Å²) < 4.78 is 11.2. The number of carbonyl (C=O) groups excluding carboxylic acids is 1. The maximum atomic E-state index is 12.5. The summed E-state index contributed by atoms with van der Waals surface area (Å²) in [6.07, 6.45) is 0. The fraction of sp³-hybridized carbons (Fsp3) is 0.353. The number of ether oxygens (including phenoxy) is 2. The van der Waals surface area contributed by atoms with Gasteiger partial charge in [0.25, 0.3) is 5.91 Å². The van der Waals surface area contributed by atoms with Crippen molar-refractivity contribution in [2.45, 2.75) is 0 Å². The van der Waals surface area contributed by atoms with E-state index in [0.29, 0.717) is 13.2 Å². The average molecular weight is 367 g/mol. The van der Waals surface area contributed by atoms with E-state index in [1.54, 1.807) is 0 Å². The lowest BCUT2D eigenvalue weighted by Gasteiger charge is -2.26. The Balaban J connectivity index is 0.00000169. The lowest BCUT2D eigenvalue weighted by Crippen LogP contribution is -2.46. The third kappa shape index (κ3) is 3.36. The van der Waals surface area contributed by atoms with Crippen molar-refractivity contribution in [2.75, 3.05) is 39.4 Å². The number of thiophene rings is 1. The minimum absolute atomic E-state index is 0. The number of halogens is 1. The van der Waals surface area contributed by atoms with Gasteiger partial charge in [0.05, 0.1) is 4.88 Å². The molecule has 1 fully saturated rings. The van der Waals surface area contributed by atoms with Gasteiger partial charge in [0.2, 0.25) is 0 Å². The topological polar surface area (TPSA) is 50.8 Å². The van der Waals surface area contributed by atoms with Crippen LogP contribution in [0.15, 0.2) is 30.3 Å². The van der Waals surface area contributed by atoms with Crippen LogP contribution in [0.3, 0.4) is 0 Å². The quantitative estimate of drug-likeness (QED) is 0.887. The van der Waals surface area contributed by atoms with Gasteiger partial charge in [-0.25, -0.2) is 0 Å². The summed E-state index contributed by atoms with van der Waals surface area (Å²) in [4.78, 5) is 16.3. The Morgan fingerprint density at radius 2 is 1.79 bits per heavy atom. The van der Waals surface area contributed by atoms with Crippen LogP contribution >= 0.6 is 23.7 Å². The van der Waals surface area contributed by atoms with Gasteiger partial charge < -0.3 is 19.7 Å². The van der Waals surface area contributed by atoms with E-state index in [9.17, 15) is 4.79 Å². The summed E-state index contributed by atoms with van der Waals surface area (Å²) in [5, 5.41) is 3.26. The molecule has 128 valence electrons. The third-order valence-electron chi connectivity index (χ3n) is 4.05. The van der Waals surface area contributed by atoms with E-state index in [-0.39, 0.29) is 18.3 Å². The molecule has 1 amide bonds. The van der Waals surface area contributed by atoms with Crippen LogP contribution in [0.25, 0.3) is 10.4 Å². The largest absolute Gasteiger partial charge is 0.486 e. The molecule has 3 heterocycles. The Morgan fingerprint density at radius 1 is 1.04 bits per heavy atom. The Kier molecular flexibility index (Phi) is 5.28. The van der Waals surface area contributed by atoms with Gasteiger partial charge in [-0.1, -0.05) is 0 Å². The maximum Gasteiger partial charge on any atom is 0.264 e. The summed E-state index contributed by atoms with van der Waals surface area (Å²) in [5.41, 5.74) is 1.05. The number of rotatable bonds is 2. The van der Waals surface area contributed by atoms with Crippen LogP contribution in [0.1, 0.15) is 9.67 Å². The molecule has 1 N–H and O–H groups in total. The zero-order chi connectivity index (χ0) is 15.6. The van der Waals surface area contributed by atoms with Crippen LogP contribution in [0.5, 0.6) is 11.5 Å². The molecule has 0 bridgehead atoms. The van der Waals surface area contributed by atoms with Gasteiger partial charge in [-0.3, -0.25) is 4.79 Å². The second kappa shape index (κ2) is 7.42. The molecule has 0 atom stereocenters. The Morgan fingerprint density at radius 3 is 2.58 bits per heavy atom. The fourth-order valence-electron chi connectivity index (χ4n) is 2.83. The van der Waals surface area contributed by atoms with Crippen molar-refractivity contribution < 1.29 is 14.3 Å². The predicted octanol–water partition coefficient (Wildman–Crippen LogP) is 2.65. The molecule has 0 spiro atoms. The molecule has 7 heteroatoms. The van der Waals surface area contributed by atoms with E-state index in [4.69, 9.17) is 9.47 Å². The number of hydrogen-bond donors (Lipinski definition) is 1. The number of carbonyl (C=O) groups is 1. The van der Waals surface area contributed by atoms with Gasteiger partial charge in [0.1, 0.15) is 13.2 Å². The first kappa shape index (κ1) is 17.1. The standard InChI is InChI=1S/C17H18N2O3S.ClH/c20-17(19-7-5-18-6-8-19)16-4-3-15(23-16)12-1-2-13-14(11-12)22-10-9-21-13;/h1-4,11,18H,5-10H2;1H. The van der Waals surface area contributed by atoms with Crippen LogP contribution in [0, 0.1) is 0 Å². The number of piperazine rings is 1. The van der Waals surface area contributed by atoms with Crippen molar-refractivity contribution in [3.8, 4) is 21.9 Å². The van der Waals surface area contributed by atoms with Crippen molar-refractivity contribution in [2.24, 2.45) is 0 Å². The van der Waals surface area contributed by atoms with E-state index in [0.717, 1.165) is 53.0 Å². The minimum Gasteiger partial charge on any atom is -0.486 e. The number of hydrogen-bond acceptors (Lipinski definition) is 5. The maximum absolute atomic E-state index is 12.5. The Hall–Kier alpha value is -1.76. The van der Waals surface area contributed by atoms with Crippen LogP contribution < -0.4 is 14.8 Å². The summed E-state index contributed by atoms with van der Waals surface area (Å²) in [7, 11) is 0. The number of amides is 1. The highest BCUT2D eigenvalue weighted by Crippen LogP contribution is 2.37. The second-order valence-corrected chi connectivity index (χ2v) is 6.65. The average Bonchev–Trinajstić information content (AvgIpc) is 3.11. The zero-order valence-electron chi connectivity index (χ0n) is 13.1. The molecular weight excluding hydrogens is 348 g/mol. The van der Waals surface area contributed by atoms with E-state index in [2.05, 4.69) is 5.32 Å². The molecule has 5 nitrogen and oxygen atoms in total. The van der Waals surface area contributed by atoms with E-state index in [1.807, 2.05) is 35.2 Å². The zero-order valence-corrected chi connectivity index (χ0v) is 14.8. The molecule has 0 unspecified atom stereocenters. The molecule has 24 heavy (non-hydrogen) atoms. The molecule has 1 aromatic heterocycles. The molecule has 2 aliphatic rings. The van der Waals surface area contributed by atoms with Crippen molar-refractivity contribution in [1.82, 2.24) is 10.2 Å². The molecule has 4 rings (SSSR count). The number of fused-ring (bicyclic) bond motifs is 1. The first-order chi connectivity index (χ1) is 11.3. The minimum atomic E-state index is 0. The van der Waals surface area contributed by atoms with Crippen molar-refractivity contribution >= 4 is 29.7 Å². The van der Waals surface area contributed by atoms with E-state index >= 15 is 0 Å². The van der Waals surface area contributed by atoms with Crippen molar-refractivity contribution in [1.29, 1.82) is 0 Å². The van der Waals surface area contributed by atoms with Crippen LogP contribution in [-0.4, -0.2) is 50.2 Å². The Bertz CT molecular complexity index is 728. The Labute approximate surface area is 151 Å². The van der Waals surface area contributed by atoms with Gasteiger partial charge in [-0.15, -0.1) is 23.7 Å². The SMILES string of the molecule is Cl.O=C(c1ccc(-c2ccc3c(c2)OCCO3)s1)N1CCNCC1. The van der Waals surface area contributed by atoms with Crippen LogP contribution in [0.4, 0.5) is 0 Å². The predicted molar refractivity (Wildman–Crippen MR) is 96.8 cm³/mol. The normalized spacial score (nSPS) is 16.4. The molecular formula is C17H19ClN2O3S. The number of nitrogens with zero attached hydrogens (tertiary/aromatic N) is 1. The highest BCUT2D eigenvalue weighted by molar-refractivity contribution is 7.17. The fourth-order valence-corrected chi connectivity index (χ4v) is 3.80. The summed E-state index contributed by atoms with van der Waals surface area (Å²) in [5.74, 6) is 1.69. The molecule has 0 radical (unpaired) electrons. The molecule has 1 aromatic carbocycles. The van der Waals surface area contributed by atoms with E-state index in [1.165, 1.54) is 11.3 Å². The van der Waals surface area contributed by atoms with Crippen LogP contribution in [0.2, 0.25) is 0 Å². The number of benzene rings is 1. The summed E-state index contributed by atoms with van der Waals surface area (Å²) in [6.45, 7) is 4.45.